The summed E-state index contributed by atoms with van der Waals surface area (Å²) in [7, 11) is 0. The zero-order valence-corrected chi connectivity index (χ0v) is 13.9. The van der Waals surface area contributed by atoms with Crippen LogP contribution >= 0.6 is 0 Å². The van der Waals surface area contributed by atoms with E-state index in [0.717, 1.165) is 32.1 Å². The van der Waals surface area contributed by atoms with E-state index in [1.165, 1.54) is 30.6 Å². The third kappa shape index (κ3) is 4.29. The highest BCUT2D eigenvalue weighted by molar-refractivity contribution is 5.28. The van der Waals surface area contributed by atoms with Gasteiger partial charge in [0.15, 0.2) is 0 Å². The zero-order valence-electron chi connectivity index (χ0n) is 13.9. The Morgan fingerprint density at radius 3 is 2.67 bits per heavy atom. The molecular weight excluding hydrogens is 258 g/mol. The van der Waals surface area contributed by atoms with Gasteiger partial charge in [0, 0.05) is 25.2 Å². The minimum absolute atomic E-state index is 0.165. The highest BCUT2D eigenvalue weighted by atomic mass is 15.2. The van der Waals surface area contributed by atoms with Gasteiger partial charge in [0.1, 0.15) is 0 Å². The predicted octanol–water partition coefficient (Wildman–Crippen LogP) is 2.80. The molecule has 21 heavy (non-hydrogen) atoms. The summed E-state index contributed by atoms with van der Waals surface area (Å²) in [6.07, 6.45) is 2.36. The van der Waals surface area contributed by atoms with Crippen LogP contribution in [0.2, 0.25) is 0 Å². The van der Waals surface area contributed by atoms with Crippen LogP contribution in [0.15, 0.2) is 24.3 Å². The van der Waals surface area contributed by atoms with E-state index in [1.807, 2.05) is 0 Å². The van der Waals surface area contributed by atoms with Gasteiger partial charge in [-0.2, -0.15) is 0 Å². The maximum atomic E-state index is 6.38. The Morgan fingerprint density at radius 1 is 1.29 bits per heavy atom. The summed E-state index contributed by atoms with van der Waals surface area (Å²) >= 11 is 0. The SMILES string of the molecule is CCN(CC)C1CCN(CCC(N)c2ccccc2C)C1. The molecule has 2 rings (SSSR count). The number of benzene rings is 1. The molecule has 1 aliphatic rings. The van der Waals surface area contributed by atoms with Gasteiger partial charge in [0.25, 0.3) is 0 Å². The van der Waals surface area contributed by atoms with Crippen molar-refractivity contribution in [1.29, 1.82) is 0 Å². The summed E-state index contributed by atoms with van der Waals surface area (Å²) in [6.45, 7) is 12.6. The lowest BCUT2D eigenvalue weighted by molar-refractivity contribution is 0.209. The summed E-state index contributed by atoms with van der Waals surface area (Å²) < 4.78 is 0. The van der Waals surface area contributed by atoms with Gasteiger partial charge in [-0.1, -0.05) is 38.1 Å². The molecule has 3 nitrogen and oxygen atoms in total. The van der Waals surface area contributed by atoms with Crippen LogP contribution in [0.3, 0.4) is 0 Å². The van der Waals surface area contributed by atoms with Crippen molar-refractivity contribution >= 4 is 0 Å². The molecule has 1 saturated heterocycles. The molecule has 0 spiro atoms. The van der Waals surface area contributed by atoms with Gasteiger partial charge >= 0.3 is 0 Å². The molecule has 3 heteroatoms. The summed E-state index contributed by atoms with van der Waals surface area (Å²) in [5, 5.41) is 0. The van der Waals surface area contributed by atoms with Crippen molar-refractivity contribution in [2.45, 2.75) is 45.7 Å². The lowest BCUT2D eigenvalue weighted by Gasteiger charge is -2.26. The standard InChI is InChI=1S/C18H31N3/c1-4-21(5-2)16-10-12-20(14-16)13-11-18(19)17-9-7-6-8-15(17)3/h6-9,16,18H,4-5,10-14,19H2,1-3H3. The Hall–Kier alpha value is -0.900. The van der Waals surface area contributed by atoms with Crippen LogP contribution in [0.1, 0.15) is 43.9 Å². The number of hydrogen-bond donors (Lipinski definition) is 1. The first-order valence-corrected chi connectivity index (χ1v) is 8.43. The molecule has 0 aromatic heterocycles. The van der Waals surface area contributed by atoms with E-state index >= 15 is 0 Å². The number of nitrogens with two attached hydrogens (primary N) is 1. The summed E-state index contributed by atoms with van der Waals surface area (Å²) in [4.78, 5) is 5.17. The van der Waals surface area contributed by atoms with Gasteiger partial charge in [-0.3, -0.25) is 4.90 Å². The van der Waals surface area contributed by atoms with Crippen LogP contribution in [-0.4, -0.2) is 48.6 Å². The first-order valence-electron chi connectivity index (χ1n) is 8.43. The Kier molecular flexibility index (Phi) is 6.22. The average molecular weight is 289 g/mol. The summed E-state index contributed by atoms with van der Waals surface area (Å²) in [6, 6.07) is 9.41. The van der Waals surface area contributed by atoms with E-state index in [2.05, 4.69) is 54.8 Å². The lowest BCUT2D eigenvalue weighted by atomic mass is 9.99. The molecule has 2 unspecified atom stereocenters. The fourth-order valence-electron chi connectivity index (χ4n) is 3.53. The molecule has 1 fully saturated rings. The van der Waals surface area contributed by atoms with Crippen LogP contribution in [-0.2, 0) is 0 Å². The minimum Gasteiger partial charge on any atom is -0.324 e. The van der Waals surface area contributed by atoms with Crippen molar-refractivity contribution in [1.82, 2.24) is 9.80 Å². The number of rotatable bonds is 7. The smallest absolute Gasteiger partial charge is 0.0309 e. The van der Waals surface area contributed by atoms with E-state index in [4.69, 9.17) is 5.73 Å². The summed E-state index contributed by atoms with van der Waals surface area (Å²) in [5.74, 6) is 0. The normalized spacial score (nSPS) is 21.1. The Balaban J connectivity index is 1.80. The molecule has 0 aliphatic carbocycles. The molecule has 0 saturated carbocycles. The van der Waals surface area contributed by atoms with Gasteiger partial charge in [-0.15, -0.1) is 0 Å². The Morgan fingerprint density at radius 2 is 2.00 bits per heavy atom. The van der Waals surface area contributed by atoms with E-state index in [0.29, 0.717) is 0 Å². The van der Waals surface area contributed by atoms with Gasteiger partial charge in [-0.05, 0) is 50.5 Å². The number of likely N-dealkylation sites (tertiary alicyclic amines) is 1. The topological polar surface area (TPSA) is 32.5 Å². The van der Waals surface area contributed by atoms with Gasteiger partial charge in [0.05, 0.1) is 0 Å². The van der Waals surface area contributed by atoms with Crippen molar-refractivity contribution in [3.05, 3.63) is 35.4 Å². The molecule has 2 atom stereocenters. The molecule has 1 aromatic rings. The highest BCUT2D eigenvalue weighted by Gasteiger charge is 2.26. The Bertz CT molecular complexity index is 428. The highest BCUT2D eigenvalue weighted by Crippen LogP contribution is 2.21. The molecule has 2 N–H and O–H groups in total. The summed E-state index contributed by atoms with van der Waals surface area (Å²) in [5.41, 5.74) is 9.00. The third-order valence-corrected chi connectivity index (χ3v) is 4.92. The Labute approximate surface area is 130 Å². The van der Waals surface area contributed by atoms with Crippen LogP contribution in [0.5, 0.6) is 0 Å². The van der Waals surface area contributed by atoms with E-state index in [-0.39, 0.29) is 6.04 Å². The third-order valence-electron chi connectivity index (χ3n) is 4.92. The fourth-order valence-corrected chi connectivity index (χ4v) is 3.53. The van der Waals surface area contributed by atoms with Crippen molar-refractivity contribution in [2.75, 3.05) is 32.7 Å². The lowest BCUT2D eigenvalue weighted by Crippen LogP contribution is -2.37. The number of likely N-dealkylation sites (N-methyl/N-ethyl adjacent to an activating group) is 1. The van der Waals surface area contributed by atoms with Crippen LogP contribution in [0.4, 0.5) is 0 Å². The molecule has 0 bridgehead atoms. The van der Waals surface area contributed by atoms with Crippen molar-refractivity contribution < 1.29 is 0 Å². The molecule has 1 heterocycles. The molecule has 0 amide bonds. The zero-order chi connectivity index (χ0) is 15.2. The van der Waals surface area contributed by atoms with Crippen molar-refractivity contribution in [3.8, 4) is 0 Å². The van der Waals surface area contributed by atoms with Gasteiger partial charge < -0.3 is 10.6 Å². The van der Waals surface area contributed by atoms with Crippen LogP contribution < -0.4 is 5.73 Å². The first kappa shape index (κ1) is 16.5. The van der Waals surface area contributed by atoms with Crippen LogP contribution in [0, 0.1) is 6.92 Å². The largest absolute Gasteiger partial charge is 0.324 e. The maximum absolute atomic E-state index is 6.38. The average Bonchev–Trinajstić information content (AvgIpc) is 2.95. The molecule has 118 valence electrons. The quantitative estimate of drug-likeness (QED) is 0.838. The number of aryl methyl sites for hydroxylation is 1. The van der Waals surface area contributed by atoms with Gasteiger partial charge in [-0.25, -0.2) is 0 Å². The second-order valence-electron chi connectivity index (χ2n) is 6.22. The van der Waals surface area contributed by atoms with Crippen LogP contribution in [0.25, 0.3) is 0 Å². The van der Waals surface area contributed by atoms with Gasteiger partial charge in [0.2, 0.25) is 0 Å². The molecule has 1 aliphatic heterocycles. The monoisotopic (exact) mass is 289 g/mol. The fraction of sp³-hybridized carbons (Fsp3) is 0.667. The van der Waals surface area contributed by atoms with E-state index in [9.17, 15) is 0 Å². The maximum Gasteiger partial charge on any atom is 0.0309 e. The number of hydrogen-bond acceptors (Lipinski definition) is 3. The van der Waals surface area contributed by atoms with E-state index in [1.54, 1.807) is 0 Å². The molecule has 0 radical (unpaired) electrons. The predicted molar refractivity (Wildman–Crippen MR) is 90.5 cm³/mol. The second-order valence-corrected chi connectivity index (χ2v) is 6.22. The molecular formula is C18H31N3. The van der Waals surface area contributed by atoms with E-state index < -0.39 is 0 Å². The van der Waals surface area contributed by atoms with Crippen molar-refractivity contribution in [2.24, 2.45) is 5.73 Å². The number of nitrogens with zero attached hydrogens (tertiary/aromatic N) is 2. The minimum atomic E-state index is 0.165. The van der Waals surface area contributed by atoms with Crippen molar-refractivity contribution in [3.63, 3.8) is 0 Å². The first-order chi connectivity index (χ1) is 10.2. The molecule has 1 aromatic carbocycles. The second kappa shape index (κ2) is 7.92.